The van der Waals surface area contributed by atoms with E-state index in [0.717, 1.165) is 12.3 Å². The molecule has 2 N–H and O–H groups in total. The molecule has 0 atom stereocenters. The van der Waals surface area contributed by atoms with Crippen LogP contribution in [0.25, 0.3) is 0 Å². The highest BCUT2D eigenvalue weighted by atomic mass is 32.2. The maximum Gasteiger partial charge on any atom is 0.329 e. The SMILES string of the molecule is Cc1ncc([N+](=O)[O-])cc1C(=O)NC1(C(=O)O)CCSCC1. The number of carbonyl (C=O) groups is 2. The molecule has 2 heterocycles. The van der Waals surface area contributed by atoms with Crippen LogP contribution in [0.1, 0.15) is 28.9 Å². The second-order valence-corrected chi connectivity index (χ2v) is 6.26. The van der Waals surface area contributed by atoms with Gasteiger partial charge in [-0.2, -0.15) is 11.8 Å². The Bertz CT molecular complexity index is 628. The number of aryl methyl sites for hydroxylation is 1. The van der Waals surface area contributed by atoms with Gasteiger partial charge in [-0.3, -0.25) is 19.9 Å². The number of aromatic nitrogens is 1. The molecule has 0 radical (unpaired) electrons. The molecule has 2 rings (SSSR count). The van der Waals surface area contributed by atoms with Crippen LogP contribution < -0.4 is 5.32 Å². The molecule has 0 spiro atoms. The molecule has 1 fully saturated rings. The van der Waals surface area contributed by atoms with Crippen molar-refractivity contribution in [3.8, 4) is 0 Å². The quantitative estimate of drug-likeness (QED) is 0.633. The second kappa shape index (κ2) is 6.30. The Morgan fingerprint density at radius 1 is 1.45 bits per heavy atom. The summed E-state index contributed by atoms with van der Waals surface area (Å²) in [7, 11) is 0. The first-order valence-electron chi connectivity index (χ1n) is 6.60. The highest BCUT2D eigenvalue weighted by Gasteiger charge is 2.41. The molecule has 0 aromatic carbocycles. The Kier molecular flexibility index (Phi) is 4.65. The fraction of sp³-hybridized carbons (Fsp3) is 0.462. The molecule has 8 nitrogen and oxygen atoms in total. The number of thioether (sulfide) groups is 1. The summed E-state index contributed by atoms with van der Waals surface area (Å²) in [5.74, 6) is -0.461. The molecule has 22 heavy (non-hydrogen) atoms. The van der Waals surface area contributed by atoms with E-state index in [0.29, 0.717) is 30.0 Å². The van der Waals surface area contributed by atoms with Gasteiger partial charge in [0.2, 0.25) is 0 Å². The summed E-state index contributed by atoms with van der Waals surface area (Å²) >= 11 is 1.63. The summed E-state index contributed by atoms with van der Waals surface area (Å²) < 4.78 is 0. The Morgan fingerprint density at radius 3 is 2.64 bits per heavy atom. The van der Waals surface area contributed by atoms with Crippen LogP contribution in [-0.4, -0.2) is 43.9 Å². The third-order valence-corrected chi connectivity index (χ3v) is 4.62. The first-order valence-corrected chi connectivity index (χ1v) is 7.76. The standard InChI is InChI=1S/C13H15N3O5S/c1-8-10(6-9(7-14-8)16(20)21)11(17)15-13(12(18)19)2-4-22-5-3-13/h6-7H,2-5H2,1H3,(H,15,17)(H,18,19). The van der Waals surface area contributed by atoms with Gasteiger partial charge >= 0.3 is 5.97 Å². The van der Waals surface area contributed by atoms with E-state index in [4.69, 9.17) is 0 Å². The van der Waals surface area contributed by atoms with Gasteiger partial charge in [0.15, 0.2) is 0 Å². The van der Waals surface area contributed by atoms with E-state index in [1.807, 2.05) is 0 Å². The van der Waals surface area contributed by atoms with Crippen LogP contribution in [0.5, 0.6) is 0 Å². The van der Waals surface area contributed by atoms with Crippen molar-refractivity contribution in [2.45, 2.75) is 25.3 Å². The molecule has 0 bridgehead atoms. The minimum atomic E-state index is -1.32. The topological polar surface area (TPSA) is 122 Å². The highest BCUT2D eigenvalue weighted by Crippen LogP contribution is 2.28. The molecule has 1 aromatic heterocycles. The molecule has 0 saturated carbocycles. The fourth-order valence-electron chi connectivity index (χ4n) is 2.25. The molecule has 9 heteroatoms. The van der Waals surface area contributed by atoms with Gasteiger partial charge < -0.3 is 10.4 Å². The second-order valence-electron chi connectivity index (χ2n) is 5.04. The first-order chi connectivity index (χ1) is 10.4. The minimum absolute atomic E-state index is 0.0213. The molecule has 1 aliphatic rings. The molecule has 1 aromatic rings. The normalized spacial score (nSPS) is 16.8. The van der Waals surface area contributed by atoms with E-state index in [1.165, 1.54) is 0 Å². The zero-order valence-corrected chi connectivity index (χ0v) is 12.7. The van der Waals surface area contributed by atoms with Gasteiger partial charge in [-0.15, -0.1) is 0 Å². The Labute approximate surface area is 130 Å². The summed E-state index contributed by atoms with van der Waals surface area (Å²) in [5, 5.41) is 22.8. The average Bonchev–Trinajstić information content (AvgIpc) is 2.48. The van der Waals surface area contributed by atoms with Gasteiger partial charge in [0.25, 0.3) is 11.6 Å². The van der Waals surface area contributed by atoms with Crippen LogP contribution in [0.4, 0.5) is 5.69 Å². The number of amides is 1. The average molecular weight is 325 g/mol. The molecule has 0 unspecified atom stereocenters. The van der Waals surface area contributed by atoms with Gasteiger partial charge in [-0.05, 0) is 31.3 Å². The fourth-order valence-corrected chi connectivity index (χ4v) is 3.44. The van der Waals surface area contributed by atoms with Crippen LogP contribution in [0.15, 0.2) is 12.3 Å². The van der Waals surface area contributed by atoms with E-state index >= 15 is 0 Å². The first kappa shape index (κ1) is 16.2. The molecule has 0 aliphatic carbocycles. The Hall–Kier alpha value is -2.16. The van der Waals surface area contributed by atoms with Crippen LogP contribution >= 0.6 is 11.8 Å². The van der Waals surface area contributed by atoms with Crippen molar-refractivity contribution in [3.63, 3.8) is 0 Å². The van der Waals surface area contributed by atoms with Crippen molar-refractivity contribution in [2.24, 2.45) is 0 Å². The maximum atomic E-state index is 12.4. The lowest BCUT2D eigenvalue weighted by Crippen LogP contribution is -2.56. The van der Waals surface area contributed by atoms with Gasteiger partial charge in [0.05, 0.1) is 16.2 Å². The van der Waals surface area contributed by atoms with Crippen molar-refractivity contribution in [3.05, 3.63) is 33.6 Å². The van der Waals surface area contributed by atoms with Crippen molar-refractivity contribution in [1.29, 1.82) is 0 Å². The summed E-state index contributed by atoms with van der Waals surface area (Å²) in [5.41, 5.74) is -1.29. The van der Waals surface area contributed by atoms with E-state index in [9.17, 15) is 24.8 Å². The number of rotatable bonds is 4. The van der Waals surface area contributed by atoms with Crippen LogP contribution in [0, 0.1) is 17.0 Å². The molecular formula is C13H15N3O5S. The third kappa shape index (κ3) is 3.19. The summed E-state index contributed by atoms with van der Waals surface area (Å²) in [4.78, 5) is 37.9. The summed E-state index contributed by atoms with van der Waals surface area (Å²) in [6.07, 6.45) is 1.70. The number of aliphatic carboxylic acids is 1. The van der Waals surface area contributed by atoms with Crippen LogP contribution in [-0.2, 0) is 4.79 Å². The number of carbonyl (C=O) groups excluding carboxylic acids is 1. The monoisotopic (exact) mass is 325 g/mol. The van der Waals surface area contributed by atoms with Gasteiger partial charge in [-0.1, -0.05) is 0 Å². The molecule has 118 valence electrons. The van der Waals surface area contributed by atoms with Crippen LogP contribution in [0.2, 0.25) is 0 Å². The number of carboxylic acids is 1. The third-order valence-electron chi connectivity index (χ3n) is 3.64. The smallest absolute Gasteiger partial charge is 0.329 e. The zero-order valence-electron chi connectivity index (χ0n) is 11.9. The van der Waals surface area contributed by atoms with Gasteiger partial charge in [0.1, 0.15) is 11.7 Å². The number of nitrogens with zero attached hydrogens (tertiary/aromatic N) is 2. The van der Waals surface area contributed by atoms with Crippen molar-refractivity contribution < 1.29 is 19.6 Å². The van der Waals surface area contributed by atoms with Crippen molar-refractivity contribution in [1.82, 2.24) is 10.3 Å². The molecule has 1 amide bonds. The van der Waals surface area contributed by atoms with Gasteiger partial charge in [0, 0.05) is 6.07 Å². The van der Waals surface area contributed by atoms with E-state index in [2.05, 4.69) is 10.3 Å². The Balaban J connectivity index is 2.29. The number of hydrogen-bond donors (Lipinski definition) is 2. The predicted molar refractivity (Wildman–Crippen MR) is 80.0 cm³/mol. The predicted octanol–water partition coefficient (Wildman–Crippen LogP) is 1.38. The number of pyridine rings is 1. The molecule has 1 saturated heterocycles. The lowest BCUT2D eigenvalue weighted by molar-refractivity contribution is -0.385. The molecule has 1 aliphatic heterocycles. The summed E-state index contributed by atoms with van der Waals surface area (Å²) in [6.45, 7) is 1.54. The minimum Gasteiger partial charge on any atom is -0.480 e. The summed E-state index contributed by atoms with van der Waals surface area (Å²) in [6, 6.07) is 1.12. The van der Waals surface area contributed by atoms with Crippen molar-refractivity contribution in [2.75, 3.05) is 11.5 Å². The Morgan fingerprint density at radius 2 is 2.09 bits per heavy atom. The van der Waals surface area contributed by atoms with Gasteiger partial charge in [-0.25, -0.2) is 4.79 Å². The number of nitro groups is 1. The van der Waals surface area contributed by atoms with E-state index < -0.39 is 22.3 Å². The van der Waals surface area contributed by atoms with Crippen molar-refractivity contribution >= 4 is 29.3 Å². The lowest BCUT2D eigenvalue weighted by atomic mass is 9.91. The number of nitrogens with one attached hydrogen (secondary N) is 1. The lowest BCUT2D eigenvalue weighted by Gasteiger charge is -2.33. The maximum absolute atomic E-state index is 12.4. The number of hydrogen-bond acceptors (Lipinski definition) is 6. The largest absolute Gasteiger partial charge is 0.480 e. The van der Waals surface area contributed by atoms with E-state index in [1.54, 1.807) is 18.7 Å². The van der Waals surface area contributed by atoms with Crippen LogP contribution in [0.3, 0.4) is 0 Å². The van der Waals surface area contributed by atoms with E-state index in [-0.39, 0.29) is 11.3 Å². The zero-order chi connectivity index (χ0) is 16.3. The molecular weight excluding hydrogens is 310 g/mol. The number of carboxylic acid groups (broad SMARTS) is 1. The highest BCUT2D eigenvalue weighted by molar-refractivity contribution is 7.99.